The Hall–Kier alpha value is -3.36. The summed E-state index contributed by atoms with van der Waals surface area (Å²) in [5.41, 5.74) is -2.62. The molecule has 1 aromatic heterocycles. The number of halogens is 3. The number of alkyl halides is 3. The van der Waals surface area contributed by atoms with Crippen LogP contribution in [0, 0.1) is 0 Å². The molecular weight excluding hydrogens is 369 g/mol. The molecule has 3 aromatic rings. The summed E-state index contributed by atoms with van der Waals surface area (Å²) in [6.07, 6.45) is -5.00. The molecule has 0 spiro atoms. The van der Waals surface area contributed by atoms with Gasteiger partial charge in [-0.05, 0) is 17.7 Å². The minimum Gasteiger partial charge on any atom is -0.508 e. The van der Waals surface area contributed by atoms with Crippen LogP contribution in [0.25, 0.3) is 22.1 Å². The van der Waals surface area contributed by atoms with Crippen LogP contribution in [0.1, 0.15) is 5.76 Å². The van der Waals surface area contributed by atoms with Crippen molar-refractivity contribution in [3.05, 3.63) is 46.3 Å². The molecule has 0 aliphatic heterocycles. The van der Waals surface area contributed by atoms with Gasteiger partial charge in [-0.3, -0.25) is 4.79 Å². The minimum atomic E-state index is -5.00. The van der Waals surface area contributed by atoms with Crippen molar-refractivity contribution >= 4 is 11.0 Å². The van der Waals surface area contributed by atoms with Gasteiger partial charge in [-0.2, -0.15) is 13.2 Å². The van der Waals surface area contributed by atoms with Crippen LogP contribution >= 0.6 is 0 Å². The van der Waals surface area contributed by atoms with E-state index in [9.17, 15) is 28.2 Å². The van der Waals surface area contributed by atoms with Gasteiger partial charge in [-0.25, -0.2) is 0 Å². The second-order valence-corrected chi connectivity index (χ2v) is 5.54. The second-order valence-electron chi connectivity index (χ2n) is 5.54. The van der Waals surface area contributed by atoms with E-state index in [1.54, 1.807) is 0 Å². The standard InChI is InChI=1S/C18H13F3O6/c1-25-11-4-3-8(5-12(11)26-2)14-16(24)15-10(23)6-9(22)7-13(15)27-17(14)18(19,20)21/h3-7,22-23H,1-2H3. The van der Waals surface area contributed by atoms with Crippen molar-refractivity contribution in [2.75, 3.05) is 14.2 Å². The molecule has 0 bridgehead atoms. The lowest BCUT2D eigenvalue weighted by molar-refractivity contribution is -0.152. The molecule has 3 rings (SSSR count). The normalized spacial score (nSPS) is 11.6. The van der Waals surface area contributed by atoms with E-state index in [0.29, 0.717) is 0 Å². The average molecular weight is 382 g/mol. The van der Waals surface area contributed by atoms with Gasteiger partial charge >= 0.3 is 6.18 Å². The van der Waals surface area contributed by atoms with Crippen molar-refractivity contribution in [1.82, 2.24) is 0 Å². The number of rotatable bonds is 3. The summed E-state index contributed by atoms with van der Waals surface area (Å²) in [6, 6.07) is 5.44. The maximum absolute atomic E-state index is 13.6. The smallest absolute Gasteiger partial charge is 0.450 e. The van der Waals surface area contributed by atoms with E-state index >= 15 is 0 Å². The number of aromatic hydroxyl groups is 2. The van der Waals surface area contributed by atoms with E-state index in [1.165, 1.54) is 32.4 Å². The van der Waals surface area contributed by atoms with Crippen molar-refractivity contribution in [3.8, 4) is 34.1 Å². The van der Waals surface area contributed by atoms with Crippen LogP contribution in [0.2, 0.25) is 0 Å². The topological polar surface area (TPSA) is 89.1 Å². The largest absolute Gasteiger partial charge is 0.508 e. The fourth-order valence-electron chi connectivity index (χ4n) is 2.74. The van der Waals surface area contributed by atoms with Crippen LogP contribution in [-0.2, 0) is 6.18 Å². The van der Waals surface area contributed by atoms with E-state index in [2.05, 4.69) is 0 Å². The van der Waals surface area contributed by atoms with Crippen LogP contribution in [0.3, 0.4) is 0 Å². The van der Waals surface area contributed by atoms with Gasteiger partial charge in [-0.15, -0.1) is 0 Å². The third kappa shape index (κ3) is 3.12. The molecule has 27 heavy (non-hydrogen) atoms. The van der Waals surface area contributed by atoms with Gasteiger partial charge < -0.3 is 24.1 Å². The van der Waals surface area contributed by atoms with Crippen LogP contribution in [-0.4, -0.2) is 24.4 Å². The number of phenolic OH excluding ortho intramolecular Hbond substituents is 2. The summed E-state index contributed by atoms with van der Waals surface area (Å²) >= 11 is 0. The molecule has 0 aliphatic carbocycles. The highest BCUT2D eigenvalue weighted by atomic mass is 19.4. The predicted molar refractivity (Wildman–Crippen MR) is 89.4 cm³/mol. The molecule has 0 saturated carbocycles. The quantitative estimate of drug-likeness (QED) is 0.714. The minimum absolute atomic E-state index is 0.109. The van der Waals surface area contributed by atoms with Gasteiger partial charge in [0.1, 0.15) is 22.5 Å². The number of fused-ring (bicyclic) bond motifs is 1. The van der Waals surface area contributed by atoms with Crippen molar-refractivity contribution in [2.45, 2.75) is 6.18 Å². The first-order chi connectivity index (χ1) is 12.7. The van der Waals surface area contributed by atoms with Crippen molar-refractivity contribution in [2.24, 2.45) is 0 Å². The zero-order valence-corrected chi connectivity index (χ0v) is 14.0. The van der Waals surface area contributed by atoms with E-state index in [4.69, 9.17) is 13.9 Å². The van der Waals surface area contributed by atoms with Gasteiger partial charge in [0.05, 0.1) is 19.8 Å². The molecule has 1 heterocycles. The highest BCUT2D eigenvalue weighted by molar-refractivity contribution is 5.89. The Bertz CT molecular complexity index is 1090. The summed E-state index contributed by atoms with van der Waals surface area (Å²) in [7, 11) is 2.65. The number of phenols is 2. The zero-order chi connectivity index (χ0) is 19.9. The summed E-state index contributed by atoms with van der Waals surface area (Å²) in [5.74, 6) is -2.44. The first-order valence-electron chi connectivity index (χ1n) is 7.49. The van der Waals surface area contributed by atoms with Gasteiger partial charge in [0.15, 0.2) is 11.5 Å². The lowest BCUT2D eigenvalue weighted by Crippen LogP contribution is -2.16. The molecular formula is C18H13F3O6. The number of hydrogen-bond donors (Lipinski definition) is 2. The Balaban J connectivity index is 2.44. The molecule has 2 aromatic carbocycles. The number of methoxy groups -OCH3 is 2. The first kappa shape index (κ1) is 18.4. The fraction of sp³-hybridized carbons (Fsp3) is 0.167. The third-order valence-corrected chi connectivity index (χ3v) is 3.89. The highest BCUT2D eigenvalue weighted by Gasteiger charge is 2.40. The van der Waals surface area contributed by atoms with Gasteiger partial charge in [0.25, 0.3) is 0 Å². The molecule has 2 N–H and O–H groups in total. The molecule has 0 atom stereocenters. The van der Waals surface area contributed by atoms with Gasteiger partial charge in [-0.1, -0.05) is 6.07 Å². The molecule has 6 nitrogen and oxygen atoms in total. The lowest BCUT2D eigenvalue weighted by Gasteiger charge is -2.15. The fourth-order valence-corrected chi connectivity index (χ4v) is 2.74. The van der Waals surface area contributed by atoms with E-state index < -0.39 is 45.4 Å². The van der Waals surface area contributed by atoms with E-state index in [-0.39, 0.29) is 17.1 Å². The maximum Gasteiger partial charge on any atom is 0.450 e. The molecule has 142 valence electrons. The SMILES string of the molecule is COc1ccc(-c2c(C(F)(F)F)oc3cc(O)cc(O)c3c2=O)cc1OC. The molecule has 0 saturated heterocycles. The molecule has 9 heteroatoms. The van der Waals surface area contributed by atoms with Crippen molar-refractivity contribution < 1.29 is 37.3 Å². The van der Waals surface area contributed by atoms with Crippen LogP contribution in [0.5, 0.6) is 23.0 Å². The lowest BCUT2D eigenvalue weighted by atomic mass is 10.0. The van der Waals surface area contributed by atoms with Crippen LogP contribution in [0.15, 0.2) is 39.5 Å². The molecule has 0 unspecified atom stereocenters. The van der Waals surface area contributed by atoms with E-state index in [1.807, 2.05) is 0 Å². The van der Waals surface area contributed by atoms with Gasteiger partial charge in [0.2, 0.25) is 11.2 Å². The van der Waals surface area contributed by atoms with Crippen molar-refractivity contribution in [3.63, 3.8) is 0 Å². The van der Waals surface area contributed by atoms with E-state index in [0.717, 1.165) is 12.1 Å². The Kier molecular flexibility index (Phi) is 4.38. The second kappa shape index (κ2) is 6.42. The Labute approximate surface area is 150 Å². The van der Waals surface area contributed by atoms with Crippen LogP contribution in [0.4, 0.5) is 13.2 Å². The third-order valence-electron chi connectivity index (χ3n) is 3.89. The van der Waals surface area contributed by atoms with Gasteiger partial charge in [0, 0.05) is 12.1 Å². The van der Waals surface area contributed by atoms with Crippen molar-refractivity contribution in [1.29, 1.82) is 0 Å². The predicted octanol–water partition coefficient (Wildman–Crippen LogP) is 3.91. The first-order valence-corrected chi connectivity index (χ1v) is 7.49. The summed E-state index contributed by atoms with van der Waals surface area (Å²) in [5, 5.41) is 18.9. The summed E-state index contributed by atoms with van der Waals surface area (Å²) in [6.45, 7) is 0. The molecule has 0 fully saturated rings. The Morgan fingerprint density at radius 1 is 1.00 bits per heavy atom. The zero-order valence-electron chi connectivity index (χ0n) is 14.0. The number of ether oxygens (including phenoxy) is 2. The molecule has 0 aliphatic rings. The maximum atomic E-state index is 13.6. The number of hydrogen-bond acceptors (Lipinski definition) is 6. The molecule has 0 radical (unpaired) electrons. The summed E-state index contributed by atoms with van der Waals surface area (Å²) < 4.78 is 55.6. The van der Waals surface area contributed by atoms with Crippen LogP contribution < -0.4 is 14.9 Å². The summed E-state index contributed by atoms with van der Waals surface area (Å²) in [4.78, 5) is 12.8. The Morgan fingerprint density at radius 2 is 1.67 bits per heavy atom. The monoisotopic (exact) mass is 382 g/mol. The number of benzene rings is 2. The molecule has 0 amide bonds. The Morgan fingerprint density at radius 3 is 2.26 bits per heavy atom. The highest BCUT2D eigenvalue weighted by Crippen LogP contribution is 2.41. The average Bonchev–Trinajstić information content (AvgIpc) is 2.59.